The van der Waals surface area contributed by atoms with Crippen molar-refractivity contribution < 1.29 is 13.5 Å². The molecule has 5 nitrogen and oxygen atoms in total. The monoisotopic (exact) mass is 192 g/mol. The molecule has 0 aromatic carbocycles. The maximum Gasteiger partial charge on any atom is 0.227 e. The highest BCUT2D eigenvalue weighted by atomic mass is 32.2. The topological polar surface area (TPSA) is 81.4 Å². The molecule has 0 bridgehead atoms. The Bertz CT molecular complexity index is 265. The average molecular weight is 192 g/mol. The highest BCUT2D eigenvalue weighted by Crippen LogP contribution is 1.98. The number of sulfonamides is 1. The molecule has 0 aromatic heterocycles. The van der Waals surface area contributed by atoms with E-state index in [4.69, 9.17) is 10.4 Å². The number of nitriles is 1. The molecule has 1 N–H and O–H groups in total. The zero-order valence-electron chi connectivity index (χ0n) is 7.06. The highest BCUT2D eigenvalue weighted by Gasteiger charge is 2.18. The molecule has 0 radical (unpaired) electrons. The Morgan fingerprint density at radius 2 is 2.17 bits per heavy atom. The molecule has 0 fully saturated rings. The van der Waals surface area contributed by atoms with Crippen molar-refractivity contribution >= 4 is 10.0 Å². The summed E-state index contributed by atoms with van der Waals surface area (Å²) in [7, 11) is -2.16. The molecule has 12 heavy (non-hydrogen) atoms. The molecular formula is C6H12N2O3S. The van der Waals surface area contributed by atoms with Gasteiger partial charge in [-0.25, -0.2) is 12.7 Å². The molecule has 0 aliphatic carbocycles. The van der Waals surface area contributed by atoms with Gasteiger partial charge in [-0.2, -0.15) is 5.26 Å². The second-order valence-electron chi connectivity index (χ2n) is 2.54. The van der Waals surface area contributed by atoms with Gasteiger partial charge in [-0.05, 0) is 6.92 Å². The van der Waals surface area contributed by atoms with Crippen LogP contribution in [0.3, 0.4) is 0 Å². The van der Waals surface area contributed by atoms with Crippen molar-refractivity contribution in [2.75, 3.05) is 19.3 Å². The number of aliphatic hydroxyl groups excluding tert-OH is 1. The summed E-state index contributed by atoms with van der Waals surface area (Å²) in [4.78, 5) is 0. The fourth-order valence-electron chi connectivity index (χ4n) is 0.677. The molecule has 0 aliphatic heterocycles. The number of hydrogen-bond donors (Lipinski definition) is 1. The Balaban J connectivity index is 4.29. The van der Waals surface area contributed by atoms with Gasteiger partial charge in [0.2, 0.25) is 10.0 Å². The molecule has 0 spiro atoms. The largest absolute Gasteiger partial charge is 0.392 e. The third kappa shape index (κ3) is 3.67. The minimum absolute atomic E-state index is 0.0179. The van der Waals surface area contributed by atoms with E-state index in [1.54, 1.807) is 6.07 Å². The zero-order valence-corrected chi connectivity index (χ0v) is 7.87. The number of rotatable bonds is 4. The first-order chi connectivity index (χ1) is 5.40. The van der Waals surface area contributed by atoms with E-state index < -0.39 is 21.9 Å². The third-order valence-corrected chi connectivity index (χ3v) is 2.84. The predicted molar refractivity (Wildman–Crippen MR) is 43.7 cm³/mol. The van der Waals surface area contributed by atoms with Gasteiger partial charge in [0.05, 0.1) is 12.2 Å². The van der Waals surface area contributed by atoms with Gasteiger partial charge >= 0.3 is 0 Å². The van der Waals surface area contributed by atoms with Crippen LogP contribution in [0.1, 0.15) is 6.92 Å². The molecular weight excluding hydrogens is 180 g/mol. The smallest absolute Gasteiger partial charge is 0.227 e. The van der Waals surface area contributed by atoms with E-state index in [1.165, 1.54) is 14.0 Å². The van der Waals surface area contributed by atoms with Gasteiger partial charge < -0.3 is 5.11 Å². The Morgan fingerprint density at radius 3 is 2.50 bits per heavy atom. The molecule has 0 rings (SSSR count). The molecule has 0 aromatic rings. The van der Waals surface area contributed by atoms with E-state index in [0.29, 0.717) is 0 Å². The average Bonchev–Trinajstić information content (AvgIpc) is 1.85. The lowest BCUT2D eigenvalue weighted by atomic mass is 10.4. The molecule has 6 heteroatoms. The maximum absolute atomic E-state index is 11.1. The van der Waals surface area contributed by atoms with Crippen LogP contribution >= 0.6 is 0 Å². The van der Waals surface area contributed by atoms with Gasteiger partial charge in [-0.3, -0.25) is 0 Å². The highest BCUT2D eigenvalue weighted by molar-refractivity contribution is 7.89. The standard InChI is InChI=1S/C6H12N2O3S/c1-6(9)5-8(2)12(10,11)4-3-7/h6,9H,4-5H2,1-2H3. The fourth-order valence-corrected chi connectivity index (χ4v) is 1.50. The minimum Gasteiger partial charge on any atom is -0.392 e. The van der Waals surface area contributed by atoms with Gasteiger partial charge in [-0.1, -0.05) is 0 Å². The molecule has 0 saturated carbocycles. The van der Waals surface area contributed by atoms with Gasteiger partial charge in [0.1, 0.15) is 0 Å². The summed E-state index contributed by atoms with van der Waals surface area (Å²) in [6.07, 6.45) is -0.719. The van der Waals surface area contributed by atoms with Crippen LogP contribution in [0.4, 0.5) is 0 Å². The lowest BCUT2D eigenvalue weighted by Crippen LogP contribution is -2.34. The van der Waals surface area contributed by atoms with Crippen molar-refractivity contribution in [3.8, 4) is 6.07 Å². The first-order valence-electron chi connectivity index (χ1n) is 3.39. The molecule has 0 heterocycles. The van der Waals surface area contributed by atoms with E-state index in [2.05, 4.69) is 0 Å². The van der Waals surface area contributed by atoms with Gasteiger partial charge in [-0.15, -0.1) is 0 Å². The van der Waals surface area contributed by atoms with E-state index in [-0.39, 0.29) is 6.54 Å². The van der Waals surface area contributed by atoms with E-state index in [0.717, 1.165) is 4.31 Å². The minimum atomic E-state index is -3.49. The molecule has 0 aliphatic rings. The third-order valence-electron chi connectivity index (χ3n) is 1.24. The van der Waals surface area contributed by atoms with Crippen LogP contribution in [-0.2, 0) is 10.0 Å². The van der Waals surface area contributed by atoms with Crippen LogP contribution in [0, 0.1) is 11.3 Å². The molecule has 1 atom stereocenters. The van der Waals surface area contributed by atoms with E-state index in [9.17, 15) is 8.42 Å². The summed E-state index contributed by atoms with van der Waals surface area (Å²) in [5.41, 5.74) is 0. The van der Waals surface area contributed by atoms with Crippen molar-refractivity contribution in [1.29, 1.82) is 5.26 Å². The quantitative estimate of drug-likeness (QED) is 0.629. The Labute approximate surface area is 72.3 Å². The Kier molecular flexibility index (Phi) is 4.17. The van der Waals surface area contributed by atoms with Gasteiger partial charge in [0.15, 0.2) is 5.75 Å². The number of likely N-dealkylation sites (N-methyl/N-ethyl adjacent to an activating group) is 1. The second kappa shape index (κ2) is 4.40. The number of hydrogen-bond acceptors (Lipinski definition) is 4. The van der Waals surface area contributed by atoms with Crippen LogP contribution in [-0.4, -0.2) is 43.3 Å². The summed E-state index contributed by atoms with van der Waals surface area (Å²) in [5.74, 6) is -0.545. The van der Waals surface area contributed by atoms with Gasteiger partial charge in [0, 0.05) is 13.6 Å². The zero-order chi connectivity index (χ0) is 9.78. The number of aliphatic hydroxyl groups is 1. The lowest BCUT2D eigenvalue weighted by Gasteiger charge is -2.16. The van der Waals surface area contributed by atoms with Crippen molar-refractivity contribution in [1.82, 2.24) is 4.31 Å². The Hall–Kier alpha value is -0.640. The van der Waals surface area contributed by atoms with Crippen LogP contribution in [0.5, 0.6) is 0 Å². The summed E-state index contributed by atoms with van der Waals surface area (Å²) < 4.78 is 23.1. The van der Waals surface area contributed by atoms with Crippen molar-refractivity contribution in [2.45, 2.75) is 13.0 Å². The number of nitrogens with zero attached hydrogens (tertiary/aromatic N) is 2. The SMILES string of the molecule is CC(O)CN(C)S(=O)(=O)CC#N. The van der Waals surface area contributed by atoms with E-state index in [1.807, 2.05) is 0 Å². The summed E-state index contributed by atoms with van der Waals surface area (Å²) in [5, 5.41) is 17.0. The van der Waals surface area contributed by atoms with Crippen molar-refractivity contribution in [2.24, 2.45) is 0 Å². The first-order valence-corrected chi connectivity index (χ1v) is 5.00. The van der Waals surface area contributed by atoms with Crippen molar-refractivity contribution in [3.63, 3.8) is 0 Å². The fraction of sp³-hybridized carbons (Fsp3) is 0.833. The van der Waals surface area contributed by atoms with Crippen LogP contribution < -0.4 is 0 Å². The van der Waals surface area contributed by atoms with Gasteiger partial charge in [0.25, 0.3) is 0 Å². The van der Waals surface area contributed by atoms with Crippen LogP contribution in [0.25, 0.3) is 0 Å². The normalized spacial score (nSPS) is 14.2. The summed E-state index contributed by atoms with van der Waals surface area (Å²) >= 11 is 0. The second-order valence-corrected chi connectivity index (χ2v) is 4.62. The van der Waals surface area contributed by atoms with Crippen molar-refractivity contribution in [3.05, 3.63) is 0 Å². The summed E-state index contributed by atoms with van der Waals surface area (Å²) in [6, 6.07) is 1.55. The van der Waals surface area contributed by atoms with Crippen LogP contribution in [0.15, 0.2) is 0 Å². The maximum atomic E-state index is 11.1. The predicted octanol–water partition coefficient (Wildman–Crippen LogP) is -0.848. The van der Waals surface area contributed by atoms with E-state index >= 15 is 0 Å². The Morgan fingerprint density at radius 1 is 1.67 bits per heavy atom. The molecule has 70 valence electrons. The molecule has 0 saturated heterocycles. The molecule has 1 unspecified atom stereocenters. The lowest BCUT2D eigenvalue weighted by molar-refractivity contribution is 0.171. The molecule has 0 amide bonds. The van der Waals surface area contributed by atoms with Crippen LogP contribution in [0.2, 0.25) is 0 Å². The summed E-state index contributed by atoms with van der Waals surface area (Å²) in [6.45, 7) is 1.50. The first kappa shape index (κ1) is 11.4.